The number of benzene rings is 1. The average molecular weight is 262 g/mol. The predicted molar refractivity (Wildman–Crippen MR) is 79.7 cm³/mol. The second kappa shape index (κ2) is 6.35. The first-order valence-electron chi connectivity index (χ1n) is 6.21. The van der Waals surface area contributed by atoms with Gasteiger partial charge in [-0.05, 0) is 43.6 Å². The zero-order chi connectivity index (χ0) is 12.8. The van der Waals surface area contributed by atoms with Crippen LogP contribution in [0.5, 0.6) is 0 Å². The fourth-order valence-corrected chi connectivity index (χ4v) is 2.18. The summed E-state index contributed by atoms with van der Waals surface area (Å²) < 4.78 is 0. The molecule has 1 saturated heterocycles. The third-order valence-electron chi connectivity index (χ3n) is 2.92. The lowest BCUT2D eigenvalue weighted by atomic mass is 10.1. The summed E-state index contributed by atoms with van der Waals surface area (Å²) in [6.07, 6.45) is 3.63. The molecular formula is C13H18N4S. The minimum absolute atomic E-state index is 0.407. The van der Waals surface area contributed by atoms with Gasteiger partial charge in [-0.1, -0.05) is 18.2 Å². The lowest BCUT2D eigenvalue weighted by molar-refractivity contribution is 0.339. The van der Waals surface area contributed by atoms with Crippen LogP contribution >= 0.6 is 12.2 Å². The van der Waals surface area contributed by atoms with Crippen molar-refractivity contribution in [2.24, 2.45) is 10.7 Å². The molecule has 1 aliphatic rings. The van der Waals surface area contributed by atoms with E-state index in [0.29, 0.717) is 11.1 Å². The number of hydrogen-bond acceptors (Lipinski definition) is 1. The Balaban J connectivity index is 1.93. The van der Waals surface area contributed by atoms with E-state index in [1.165, 1.54) is 19.3 Å². The second-order valence-electron chi connectivity index (χ2n) is 4.31. The number of nitrogens with two attached hydrogens (primary N) is 1. The number of piperidine rings is 1. The van der Waals surface area contributed by atoms with Gasteiger partial charge in [0, 0.05) is 18.8 Å². The number of guanidine groups is 1. The smallest absolute Gasteiger partial charge is 0.200 e. The maximum absolute atomic E-state index is 5.95. The first kappa shape index (κ1) is 12.8. The minimum atomic E-state index is 0.407. The molecule has 1 fully saturated rings. The molecule has 0 spiro atoms. The normalized spacial score (nSPS) is 16.4. The molecule has 0 amide bonds. The maximum Gasteiger partial charge on any atom is 0.200 e. The largest absolute Gasteiger partial charge is 0.369 e. The molecule has 0 aromatic heterocycles. The lowest BCUT2D eigenvalue weighted by Crippen LogP contribution is -2.41. The van der Waals surface area contributed by atoms with Gasteiger partial charge in [0.1, 0.15) is 0 Å². The summed E-state index contributed by atoms with van der Waals surface area (Å²) in [6, 6.07) is 9.74. The molecule has 1 aliphatic heterocycles. The van der Waals surface area contributed by atoms with Crippen molar-refractivity contribution in [3.8, 4) is 0 Å². The van der Waals surface area contributed by atoms with E-state index in [-0.39, 0.29) is 0 Å². The molecular weight excluding hydrogens is 244 g/mol. The van der Waals surface area contributed by atoms with Crippen molar-refractivity contribution in [3.63, 3.8) is 0 Å². The Hall–Kier alpha value is -1.62. The summed E-state index contributed by atoms with van der Waals surface area (Å²) in [5.74, 6) is 0.517. The van der Waals surface area contributed by atoms with Gasteiger partial charge in [-0.2, -0.15) is 4.99 Å². The van der Waals surface area contributed by atoms with Gasteiger partial charge < -0.3 is 16.0 Å². The van der Waals surface area contributed by atoms with E-state index in [0.717, 1.165) is 18.8 Å². The van der Waals surface area contributed by atoms with Gasteiger partial charge in [0.2, 0.25) is 5.11 Å². The number of anilines is 1. The van der Waals surface area contributed by atoms with Gasteiger partial charge in [-0.3, -0.25) is 0 Å². The number of nitrogens with zero attached hydrogens (tertiary/aromatic N) is 2. The molecule has 0 atom stereocenters. The van der Waals surface area contributed by atoms with Crippen LogP contribution in [0.25, 0.3) is 0 Å². The van der Waals surface area contributed by atoms with Gasteiger partial charge in [-0.25, -0.2) is 0 Å². The van der Waals surface area contributed by atoms with Gasteiger partial charge >= 0.3 is 0 Å². The standard InChI is InChI=1S/C13H18N4S/c14-12(17-9-5-2-6-10-17)16-13(18)15-11-7-3-1-4-8-11/h1,3-4,7-8H,2,5-6,9-10H2,(H3,14,15,16,18). The Kier molecular flexibility index (Phi) is 4.52. The van der Waals surface area contributed by atoms with E-state index >= 15 is 0 Å². The highest BCUT2D eigenvalue weighted by atomic mass is 32.1. The predicted octanol–water partition coefficient (Wildman–Crippen LogP) is 2.18. The van der Waals surface area contributed by atoms with E-state index < -0.39 is 0 Å². The molecule has 0 saturated carbocycles. The number of hydrogen-bond donors (Lipinski definition) is 2. The van der Waals surface area contributed by atoms with Crippen LogP contribution in [0.15, 0.2) is 35.3 Å². The summed E-state index contributed by atoms with van der Waals surface area (Å²) in [6.45, 7) is 1.95. The molecule has 5 heteroatoms. The number of rotatable bonds is 1. The Morgan fingerprint density at radius 2 is 1.83 bits per heavy atom. The first-order chi connectivity index (χ1) is 8.75. The number of likely N-dealkylation sites (tertiary alicyclic amines) is 1. The highest BCUT2D eigenvalue weighted by Gasteiger charge is 2.12. The third kappa shape index (κ3) is 3.70. The van der Waals surface area contributed by atoms with E-state index in [1.807, 2.05) is 30.3 Å². The van der Waals surface area contributed by atoms with Crippen LogP contribution in [0.2, 0.25) is 0 Å². The summed E-state index contributed by atoms with van der Waals surface area (Å²) in [5.41, 5.74) is 6.88. The minimum Gasteiger partial charge on any atom is -0.369 e. The molecule has 1 aromatic rings. The lowest BCUT2D eigenvalue weighted by Gasteiger charge is -2.27. The SMILES string of the molecule is NC(=NC(=S)Nc1ccccc1)N1CCCCC1. The summed E-state index contributed by atoms with van der Waals surface area (Å²) in [7, 11) is 0. The van der Waals surface area contributed by atoms with Crippen molar-refractivity contribution in [3.05, 3.63) is 30.3 Å². The van der Waals surface area contributed by atoms with Crippen LogP contribution in [0, 0.1) is 0 Å². The van der Waals surface area contributed by atoms with Gasteiger partial charge in [0.15, 0.2) is 5.96 Å². The highest BCUT2D eigenvalue weighted by molar-refractivity contribution is 7.80. The number of nitrogens with one attached hydrogen (secondary N) is 1. The van der Waals surface area contributed by atoms with Crippen molar-refractivity contribution in [1.29, 1.82) is 0 Å². The van der Waals surface area contributed by atoms with E-state index in [9.17, 15) is 0 Å². The Labute approximate surface area is 113 Å². The topological polar surface area (TPSA) is 53.6 Å². The third-order valence-corrected chi connectivity index (χ3v) is 3.11. The average Bonchev–Trinajstić information content (AvgIpc) is 2.40. The van der Waals surface area contributed by atoms with Gasteiger partial charge in [0.05, 0.1) is 0 Å². The molecule has 3 N–H and O–H groups in total. The zero-order valence-electron chi connectivity index (χ0n) is 10.3. The number of aliphatic imine (C=N–C) groups is 1. The monoisotopic (exact) mass is 262 g/mol. The summed E-state index contributed by atoms with van der Waals surface area (Å²) in [4.78, 5) is 6.32. The zero-order valence-corrected chi connectivity index (χ0v) is 11.1. The van der Waals surface area contributed by atoms with Crippen molar-refractivity contribution >= 4 is 29.0 Å². The quantitative estimate of drug-likeness (QED) is 0.463. The molecule has 96 valence electrons. The van der Waals surface area contributed by atoms with Crippen LogP contribution in [0.3, 0.4) is 0 Å². The summed E-state index contributed by atoms with van der Waals surface area (Å²) >= 11 is 5.18. The molecule has 18 heavy (non-hydrogen) atoms. The van der Waals surface area contributed by atoms with Crippen LogP contribution in [0.1, 0.15) is 19.3 Å². The molecule has 0 aliphatic carbocycles. The Morgan fingerprint density at radius 1 is 1.17 bits per heavy atom. The first-order valence-corrected chi connectivity index (χ1v) is 6.62. The number of para-hydroxylation sites is 1. The van der Waals surface area contributed by atoms with Crippen LogP contribution in [-0.2, 0) is 0 Å². The molecule has 1 heterocycles. The second-order valence-corrected chi connectivity index (χ2v) is 4.70. The molecule has 0 radical (unpaired) electrons. The van der Waals surface area contributed by atoms with E-state index in [4.69, 9.17) is 18.0 Å². The summed E-state index contributed by atoms with van der Waals surface area (Å²) in [5, 5.41) is 3.46. The van der Waals surface area contributed by atoms with Crippen molar-refractivity contribution in [2.45, 2.75) is 19.3 Å². The maximum atomic E-state index is 5.95. The van der Waals surface area contributed by atoms with Crippen LogP contribution in [-0.4, -0.2) is 29.1 Å². The van der Waals surface area contributed by atoms with Crippen molar-refractivity contribution in [2.75, 3.05) is 18.4 Å². The van der Waals surface area contributed by atoms with E-state index in [1.54, 1.807) is 0 Å². The highest BCUT2D eigenvalue weighted by Crippen LogP contribution is 2.09. The fourth-order valence-electron chi connectivity index (χ4n) is 1.97. The molecule has 2 rings (SSSR count). The number of thiocarbonyl (C=S) groups is 1. The molecule has 1 aromatic carbocycles. The Bertz CT molecular complexity index is 424. The fraction of sp³-hybridized carbons (Fsp3) is 0.385. The van der Waals surface area contributed by atoms with E-state index in [2.05, 4.69) is 15.2 Å². The van der Waals surface area contributed by atoms with Crippen molar-refractivity contribution < 1.29 is 0 Å². The van der Waals surface area contributed by atoms with Gasteiger partial charge in [-0.15, -0.1) is 0 Å². The van der Waals surface area contributed by atoms with Crippen LogP contribution < -0.4 is 11.1 Å². The van der Waals surface area contributed by atoms with Crippen molar-refractivity contribution in [1.82, 2.24) is 4.90 Å². The molecule has 0 bridgehead atoms. The molecule has 0 unspecified atom stereocenters. The Morgan fingerprint density at radius 3 is 2.50 bits per heavy atom. The van der Waals surface area contributed by atoms with Crippen LogP contribution in [0.4, 0.5) is 5.69 Å². The van der Waals surface area contributed by atoms with Gasteiger partial charge in [0.25, 0.3) is 0 Å². The molecule has 4 nitrogen and oxygen atoms in total.